The van der Waals surface area contributed by atoms with Crippen LogP contribution in [0.15, 0.2) is 48.5 Å². The summed E-state index contributed by atoms with van der Waals surface area (Å²) in [6.07, 6.45) is 0.641. The highest BCUT2D eigenvalue weighted by Crippen LogP contribution is 2.16. The molecule has 0 fully saturated rings. The summed E-state index contributed by atoms with van der Waals surface area (Å²) in [6, 6.07) is 15.0. The number of carbonyl (C=O) groups is 2. The first-order valence-corrected chi connectivity index (χ1v) is 9.56. The maximum absolute atomic E-state index is 13.1. The number of rotatable bonds is 8. The first kappa shape index (κ1) is 20.7. The highest BCUT2D eigenvalue weighted by Gasteiger charge is 2.25. The Balaban J connectivity index is 1.74. The lowest BCUT2D eigenvalue weighted by atomic mass is 10.0. The zero-order valence-electron chi connectivity index (χ0n) is 17.1. The zero-order valence-corrected chi connectivity index (χ0v) is 17.1. The Hall–Kier alpha value is -3.03. The third-order valence-corrected chi connectivity index (χ3v) is 4.98. The number of aromatic amines is 1. The summed E-state index contributed by atoms with van der Waals surface area (Å²) in [7, 11) is 5.60. The molecule has 0 radical (unpaired) electrons. The largest absolute Gasteiger partial charge is 0.340 e. The number of carbonyl (C=O) groups excluding carboxylic acids is 2. The minimum absolute atomic E-state index is 0.0262. The van der Waals surface area contributed by atoms with Crippen molar-refractivity contribution in [3.8, 4) is 0 Å². The van der Waals surface area contributed by atoms with Crippen LogP contribution in [-0.2, 0) is 17.8 Å². The molecule has 3 N–H and O–H groups in total. The number of hydrogen-bond acceptors (Lipinski definition) is 5. The Morgan fingerprint density at radius 1 is 1.10 bits per heavy atom. The monoisotopic (exact) mass is 393 g/mol. The van der Waals surface area contributed by atoms with Gasteiger partial charge in [-0.05, 0) is 44.3 Å². The minimum Gasteiger partial charge on any atom is -0.340 e. The third-order valence-electron chi connectivity index (χ3n) is 4.98. The maximum atomic E-state index is 13.1. The molecule has 3 rings (SSSR count). The van der Waals surface area contributed by atoms with Gasteiger partial charge in [-0.2, -0.15) is 0 Å². The van der Waals surface area contributed by atoms with E-state index in [0.29, 0.717) is 24.4 Å². The van der Waals surface area contributed by atoms with E-state index in [1.165, 1.54) is 0 Å². The summed E-state index contributed by atoms with van der Waals surface area (Å²) in [5.41, 5.74) is 8.62. The van der Waals surface area contributed by atoms with Gasteiger partial charge in [0.05, 0.1) is 30.2 Å². The Morgan fingerprint density at radius 2 is 1.83 bits per heavy atom. The van der Waals surface area contributed by atoms with Crippen molar-refractivity contribution in [1.29, 1.82) is 0 Å². The molecule has 0 saturated heterocycles. The molecule has 0 unspecified atom stereocenters. The predicted molar refractivity (Wildman–Crippen MR) is 114 cm³/mol. The number of nitrogens with two attached hydrogens (primary N) is 1. The fraction of sp³-hybridized carbons (Fsp3) is 0.318. The van der Waals surface area contributed by atoms with E-state index in [1.807, 2.05) is 49.3 Å². The number of Topliss-reactive ketones (excluding diaryl/α,β-unsaturated/α-hetero) is 1. The lowest BCUT2D eigenvalue weighted by Gasteiger charge is -2.28. The smallest absolute Gasteiger partial charge is 0.240 e. The van der Waals surface area contributed by atoms with E-state index < -0.39 is 0 Å². The Kier molecular flexibility index (Phi) is 6.41. The van der Waals surface area contributed by atoms with Gasteiger partial charge >= 0.3 is 0 Å². The van der Waals surface area contributed by atoms with Crippen LogP contribution in [0.4, 0.5) is 0 Å². The van der Waals surface area contributed by atoms with Gasteiger partial charge < -0.3 is 15.6 Å². The molecular weight excluding hydrogens is 366 g/mol. The normalized spacial score (nSPS) is 12.3. The molecule has 0 aliphatic carbocycles. The van der Waals surface area contributed by atoms with Crippen LogP contribution in [0.25, 0.3) is 11.0 Å². The molecule has 1 amide bonds. The molecule has 152 valence electrons. The maximum Gasteiger partial charge on any atom is 0.240 e. The van der Waals surface area contributed by atoms with E-state index in [2.05, 4.69) is 9.97 Å². The summed E-state index contributed by atoms with van der Waals surface area (Å²) < 4.78 is 0. The van der Waals surface area contributed by atoms with Gasteiger partial charge in [-0.15, -0.1) is 0 Å². The van der Waals surface area contributed by atoms with Crippen LogP contribution in [-0.4, -0.2) is 65.2 Å². The van der Waals surface area contributed by atoms with Crippen LogP contribution in [0.3, 0.4) is 0 Å². The molecule has 1 heterocycles. The average Bonchev–Trinajstić information content (AvgIpc) is 3.12. The summed E-state index contributed by atoms with van der Waals surface area (Å²) in [4.78, 5) is 36.2. The van der Waals surface area contributed by atoms with Crippen molar-refractivity contribution < 1.29 is 9.59 Å². The first-order chi connectivity index (χ1) is 13.9. The molecule has 7 nitrogen and oxygen atoms in total. The number of benzene rings is 2. The second-order valence-electron chi connectivity index (χ2n) is 7.41. The van der Waals surface area contributed by atoms with Gasteiger partial charge in [-0.25, -0.2) is 4.98 Å². The van der Waals surface area contributed by atoms with Gasteiger partial charge in [0.25, 0.3) is 0 Å². The van der Waals surface area contributed by atoms with Crippen molar-refractivity contribution in [2.75, 3.05) is 27.7 Å². The Morgan fingerprint density at radius 3 is 2.48 bits per heavy atom. The fourth-order valence-corrected chi connectivity index (χ4v) is 3.31. The van der Waals surface area contributed by atoms with Crippen molar-refractivity contribution >= 4 is 22.7 Å². The summed E-state index contributed by atoms with van der Waals surface area (Å²) in [5, 5.41) is 0. The number of hydrogen-bond donors (Lipinski definition) is 2. The fourth-order valence-electron chi connectivity index (χ4n) is 3.31. The van der Waals surface area contributed by atoms with Crippen molar-refractivity contribution in [3.05, 3.63) is 65.5 Å². The molecular formula is C22H27N5O2. The quantitative estimate of drug-likeness (QED) is 0.570. The number of imidazole rings is 1. The molecule has 0 spiro atoms. The highest BCUT2D eigenvalue weighted by atomic mass is 16.2. The number of amides is 1. The second-order valence-corrected chi connectivity index (χ2v) is 7.41. The molecule has 2 aromatic carbocycles. The number of H-pyrrole nitrogens is 1. The third kappa shape index (κ3) is 4.88. The summed E-state index contributed by atoms with van der Waals surface area (Å²) in [5.74, 6) is 0.578. The standard InChI is InChI=1S/C22H27N5O2/c1-26(2)19(11-15-7-5-4-6-8-15)22(29)27(3)14-21-24-17-10-9-16(20(28)13-23)12-18(17)25-21/h4-10,12,19H,11,13-14,23H2,1-3H3,(H,24,25)/t19-/m1/s1. The van der Waals surface area contributed by atoms with Crippen LogP contribution < -0.4 is 5.73 Å². The number of nitrogens with zero attached hydrogens (tertiary/aromatic N) is 3. The number of fused-ring (bicyclic) bond motifs is 1. The molecule has 0 aliphatic rings. The number of ketones is 1. The van der Waals surface area contributed by atoms with Crippen LogP contribution in [0, 0.1) is 0 Å². The van der Waals surface area contributed by atoms with Gasteiger partial charge in [0.15, 0.2) is 5.78 Å². The molecule has 7 heteroatoms. The molecule has 29 heavy (non-hydrogen) atoms. The van der Waals surface area contributed by atoms with Gasteiger partial charge in [0.2, 0.25) is 5.91 Å². The Labute approximate surface area is 170 Å². The zero-order chi connectivity index (χ0) is 21.0. The molecule has 1 atom stereocenters. The molecule has 1 aromatic heterocycles. The molecule has 0 saturated carbocycles. The van der Waals surface area contributed by atoms with E-state index in [1.54, 1.807) is 30.1 Å². The minimum atomic E-state index is -0.263. The average molecular weight is 393 g/mol. The second kappa shape index (κ2) is 8.98. The van der Waals surface area contributed by atoms with Gasteiger partial charge in [0, 0.05) is 12.6 Å². The SMILES string of the molecule is CN(Cc1nc2ccc(C(=O)CN)cc2[nH]1)C(=O)[C@@H](Cc1ccccc1)N(C)C. The predicted octanol–water partition coefficient (Wildman–Crippen LogP) is 1.84. The molecule has 0 bridgehead atoms. The Bertz CT molecular complexity index is 997. The first-order valence-electron chi connectivity index (χ1n) is 9.56. The highest BCUT2D eigenvalue weighted by molar-refractivity contribution is 6.00. The van der Waals surface area contributed by atoms with Crippen LogP contribution in [0.5, 0.6) is 0 Å². The van der Waals surface area contributed by atoms with Crippen molar-refractivity contribution in [2.24, 2.45) is 5.73 Å². The molecule has 0 aliphatic heterocycles. The molecule has 3 aromatic rings. The van der Waals surface area contributed by atoms with Crippen LogP contribution in [0.2, 0.25) is 0 Å². The van der Waals surface area contributed by atoms with Crippen molar-refractivity contribution in [3.63, 3.8) is 0 Å². The van der Waals surface area contributed by atoms with Gasteiger partial charge in [-0.1, -0.05) is 30.3 Å². The van der Waals surface area contributed by atoms with Crippen molar-refractivity contribution in [2.45, 2.75) is 19.0 Å². The van der Waals surface area contributed by atoms with Gasteiger partial charge in [0.1, 0.15) is 5.82 Å². The van der Waals surface area contributed by atoms with Gasteiger partial charge in [-0.3, -0.25) is 14.5 Å². The van der Waals surface area contributed by atoms with E-state index in [-0.39, 0.29) is 24.3 Å². The van der Waals surface area contributed by atoms with Crippen molar-refractivity contribution in [1.82, 2.24) is 19.8 Å². The summed E-state index contributed by atoms with van der Waals surface area (Å²) >= 11 is 0. The van der Waals surface area contributed by atoms with Crippen LogP contribution >= 0.6 is 0 Å². The number of aromatic nitrogens is 2. The van der Waals surface area contributed by atoms with Crippen LogP contribution in [0.1, 0.15) is 21.7 Å². The topological polar surface area (TPSA) is 95.3 Å². The lowest BCUT2D eigenvalue weighted by Crippen LogP contribution is -2.45. The van der Waals surface area contributed by atoms with E-state index in [9.17, 15) is 9.59 Å². The lowest BCUT2D eigenvalue weighted by molar-refractivity contribution is -0.135. The van der Waals surface area contributed by atoms with E-state index >= 15 is 0 Å². The summed E-state index contributed by atoms with van der Waals surface area (Å²) in [6.45, 7) is 0.323. The van der Waals surface area contributed by atoms with E-state index in [0.717, 1.165) is 16.6 Å². The number of likely N-dealkylation sites (N-methyl/N-ethyl adjacent to an activating group) is 2. The number of nitrogens with one attached hydrogen (secondary N) is 1. The van der Waals surface area contributed by atoms with E-state index in [4.69, 9.17) is 5.73 Å².